The van der Waals surface area contributed by atoms with E-state index < -0.39 is 0 Å². The summed E-state index contributed by atoms with van der Waals surface area (Å²) in [5.74, 6) is 0. The van der Waals surface area contributed by atoms with Crippen LogP contribution >= 0.6 is 0 Å². The first kappa shape index (κ1) is 12.3. The van der Waals surface area contributed by atoms with Crippen LogP contribution in [-0.4, -0.2) is 16.3 Å². The van der Waals surface area contributed by atoms with E-state index in [1.54, 1.807) is 0 Å². The summed E-state index contributed by atoms with van der Waals surface area (Å²) in [6.07, 6.45) is 3.85. The smallest absolute Gasteiger partial charge is 0.0619 e. The van der Waals surface area contributed by atoms with Gasteiger partial charge in [0.2, 0.25) is 0 Å². The van der Waals surface area contributed by atoms with E-state index in [0.29, 0.717) is 0 Å². The lowest BCUT2D eigenvalue weighted by molar-refractivity contribution is 0.270. The first-order valence-electron chi connectivity index (χ1n) is 6.80. The third kappa shape index (κ3) is 1.85. The third-order valence-electron chi connectivity index (χ3n) is 4.09. The molecule has 3 nitrogen and oxygen atoms in total. The first-order valence-corrected chi connectivity index (χ1v) is 6.80. The molecule has 0 radical (unpaired) electrons. The topological polar surface area (TPSA) is 37.2 Å². The predicted octanol–water partition coefficient (Wildman–Crippen LogP) is 3.11. The van der Waals surface area contributed by atoms with Crippen molar-refractivity contribution in [1.29, 1.82) is 0 Å². The summed E-state index contributed by atoms with van der Waals surface area (Å²) in [5, 5.41) is 12.8. The summed E-state index contributed by atoms with van der Waals surface area (Å²) in [7, 11) is 2.09. The maximum absolute atomic E-state index is 9.13. The van der Waals surface area contributed by atoms with Gasteiger partial charge in [-0.25, -0.2) is 0 Å². The normalized spacial score (nSPS) is 20.6. The van der Waals surface area contributed by atoms with E-state index in [9.17, 15) is 0 Å². The maximum atomic E-state index is 9.13. The van der Waals surface area contributed by atoms with Crippen molar-refractivity contribution >= 4 is 5.69 Å². The van der Waals surface area contributed by atoms with E-state index in [1.807, 2.05) is 0 Å². The molecule has 2 N–H and O–H groups in total. The molecule has 0 spiro atoms. The molecule has 0 fully saturated rings. The van der Waals surface area contributed by atoms with Gasteiger partial charge in [-0.15, -0.1) is 0 Å². The van der Waals surface area contributed by atoms with Gasteiger partial charge in [0.05, 0.1) is 11.2 Å². The lowest BCUT2D eigenvalue weighted by Crippen LogP contribution is -2.35. The summed E-state index contributed by atoms with van der Waals surface area (Å²) < 4.78 is 2.19. The highest BCUT2D eigenvalue weighted by Crippen LogP contribution is 2.45. The molecule has 1 aliphatic heterocycles. The second-order valence-corrected chi connectivity index (χ2v) is 5.52. The highest BCUT2D eigenvalue weighted by atomic mass is 16.2. The standard InChI is InChI=1S/C16H20N2O/c1-16(9-5-11-19)13-8-10-18(2)15(13)12-6-3-4-7-14(12)17-16/h3-4,6-8,10,17,19H,5,9,11H2,1-2H3/t16-/m1/s1. The van der Waals surface area contributed by atoms with Crippen LogP contribution in [0.3, 0.4) is 0 Å². The minimum absolute atomic E-state index is 0.103. The Kier molecular flexibility index (Phi) is 2.86. The fourth-order valence-corrected chi connectivity index (χ4v) is 3.10. The fraction of sp³-hybridized carbons (Fsp3) is 0.375. The molecule has 1 aromatic heterocycles. The molecule has 2 aromatic rings. The molecule has 100 valence electrons. The SMILES string of the molecule is Cn1ccc2c1-c1ccccc1N[C@]2(C)CCCO. The Morgan fingerprint density at radius 2 is 2.05 bits per heavy atom. The van der Waals surface area contributed by atoms with Crippen molar-refractivity contribution in [3.8, 4) is 11.3 Å². The van der Waals surface area contributed by atoms with Crippen LogP contribution in [0.25, 0.3) is 11.3 Å². The zero-order chi connectivity index (χ0) is 13.5. The van der Waals surface area contributed by atoms with Crippen molar-refractivity contribution in [3.63, 3.8) is 0 Å². The van der Waals surface area contributed by atoms with Crippen molar-refractivity contribution in [1.82, 2.24) is 4.57 Å². The molecule has 0 bridgehead atoms. The molecule has 0 saturated heterocycles. The number of nitrogens with zero attached hydrogens (tertiary/aromatic N) is 1. The Labute approximate surface area is 113 Å². The van der Waals surface area contributed by atoms with Crippen LogP contribution in [0.15, 0.2) is 36.5 Å². The number of fused-ring (bicyclic) bond motifs is 3. The van der Waals surface area contributed by atoms with Gasteiger partial charge >= 0.3 is 0 Å². The number of rotatable bonds is 3. The van der Waals surface area contributed by atoms with Gasteiger partial charge in [-0.2, -0.15) is 0 Å². The monoisotopic (exact) mass is 256 g/mol. The summed E-state index contributed by atoms with van der Waals surface area (Å²) >= 11 is 0. The maximum Gasteiger partial charge on any atom is 0.0619 e. The molecule has 0 saturated carbocycles. The van der Waals surface area contributed by atoms with Gasteiger partial charge in [0.15, 0.2) is 0 Å². The minimum atomic E-state index is -0.103. The summed E-state index contributed by atoms with van der Waals surface area (Å²) in [6.45, 7) is 2.46. The summed E-state index contributed by atoms with van der Waals surface area (Å²) in [4.78, 5) is 0. The largest absolute Gasteiger partial charge is 0.396 e. The van der Waals surface area contributed by atoms with Crippen LogP contribution in [0.5, 0.6) is 0 Å². The second-order valence-electron chi connectivity index (χ2n) is 5.52. The van der Waals surface area contributed by atoms with Gasteiger partial charge in [0.25, 0.3) is 0 Å². The lowest BCUT2D eigenvalue weighted by Gasteiger charge is -2.38. The van der Waals surface area contributed by atoms with Crippen molar-refractivity contribution in [3.05, 3.63) is 42.1 Å². The van der Waals surface area contributed by atoms with Crippen LogP contribution in [-0.2, 0) is 12.6 Å². The number of benzene rings is 1. The highest BCUT2D eigenvalue weighted by Gasteiger charge is 2.35. The number of para-hydroxylation sites is 1. The molecule has 0 aliphatic carbocycles. The van der Waals surface area contributed by atoms with Crippen LogP contribution < -0.4 is 5.32 Å². The number of nitrogens with one attached hydrogen (secondary N) is 1. The molecule has 3 heteroatoms. The van der Waals surface area contributed by atoms with Crippen molar-refractivity contribution in [2.24, 2.45) is 7.05 Å². The van der Waals surface area contributed by atoms with E-state index >= 15 is 0 Å². The van der Waals surface area contributed by atoms with E-state index in [1.165, 1.54) is 22.5 Å². The molecule has 0 unspecified atom stereocenters. The Balaban J connectivity index is 2.15. The van der Waals surface area contributed by atoms with Crippen molar-refractivity contribution < 1.29 is 5.11 Å². The molecule has 1 aromatic carbocycles. The number of hydrogen-bond donors (Lipinski definition) is 2. The van der Waals surface area contributed by atoms with Crippen molar-refractivity contribution in [2.45, 2.75) is 25.3 Å². The molecular weight excluding hydrogens is 236 g/mol. The predicted molar refractivity (Wildman–Crippen MR) is 78.1 cm³/mol. The van der Waals surface area contributed by atoms with Crippen LogP contribution in [0.1, 0.15) is 25.3 Å². The number of hydrogen-bond acceptors (Lipinski definition) is 2. The van der Waals surface area contributed by atoms with Gasteiger partial charge in [-0.1, -0.05) is 18.2 Å². The van der Waals surface area contributed by atoms with E-state index in [2.05, 4.69) is 60.4 Å². The zero-order valence-electron chi connectivity index (χ0n) is 11.5. The molecule has 0 amide bonds. The number of aliphatic hydroxyl groups excluding tert-OH is 1. The first-order chi connectivity index (χ1) is 9.15. The van der Waals surface area contributed by atoms with E-state index in [-0.39, 0.29) is 12.1 Å². The number of aromatic nitrogens is 1. The van der Waals surface area contributed by atoms with Crippen molar-refractivity contribution in [2.75, 3.05) is 11.9 Å². The molecule has 1 aliphatic rings. The molecular formula is C16H20N2O. The Bertz CT molecular complexity index is 603. The van der Waals surface area contributed by atoms with Gasteiger partial charge in [-0.05, 0) is 31.9 Å². The Hall–Kier alpha value is -1.74. The number of aryl methyl sites for hydroxylation is 1. The highest BCUT2D eigenvalue weighted by molar-refractivity contribution is 5.83. The van der Waals surface area contributed by atoms with Crippen LogP contribution in [0, 0.1) is 0 Å². The lowest BCUT2D eigenvalue weighted by atomic mass is 9.82. The third-order valence-corrected chi connectivity index (χ3v) is 4.09. The quantitative estimate of drug-likeness (QED) is 0.885. The van der Waals surface area contributed by atoms with Gasteiger partial charge in [0, 0.05) is 36.7 Å². The average molecular weight is 256 g/mol. The Morgan fingerprint density at radius 1 is 1.26 bits per heavy atom. The summed E-state index contributed by atoms with van der Waals surface area (Å²) in [6, 6.07) is 10.6. The van der Waals surface area contributed by atoms with E-state index in [4.69, 9.17) is 5.11 Å². The Morgan fingerprint density at radius 3 is 2.84 bits per heavy atom. The molecule has 2 heterocycles. The average Bonchev–Trinajstić information content (AvgIpc) is 2.80. The second kappa shape index (κ2) is 4.42. The van der Waals surface area contributed by atoms with Gasteiger partial charge in [0.1, 0.15) is 0 Å². The molecule has 19 heavy (non-hydrogen) atoms. The fourth-order valence-electron chi connectivity index (χ4n) is 3.10. The number of aliphatic hydroxyl groups is 1. The summed E-state index contributed by atoms with van der Waals surface area (Å²) in [5.41, 5.74) is 4.94. The molecule has 3 rings (SSSR count). The van der Waals surface area contributed by atoms with Crippen LogP contribution in [0.4, 0.5) is 5.69 Å². The van der Waals surface area contributed by atoms with E-state index in [0.717, 1.165) is 12.8 Å². The number of anilines is 1. The zero-order valence-corrected chi connectivity index (χ0v) is 11.5. The van der Waals surface area contributed by atoms with Crippen LogP contribution in [0.2, 0.25) is 0 Å². The van der Waals surface area contributed by atoms with Gasteiger partial charge < -0.3 is 15.0 Å². The molecule has 1 atom stereocenters. The van der Waals surface area contributed by atoms with Gasteiger partial charge in [-0.3, -0.25) is 0 Å². The minimum Gasteiger partial charge on any atom is -0.396 e.